The first-order valence-electron chi connectivity index (χ1n) is 7.20. The number of likely N-dealkylation sites (tertiary alicyclic amines) is 1. The number of nitrogens with one attached hydrogen (secondary N) is 2. The molecule has 2 aromatic rings. The number of rotatable bonds is 2. The Morgan fingerprint density at radius 2 is 2.05 bits per heavy atom. The van der Waals surface area contributed by atoms with Gasteiger partial charge in [-0.25, -0.2) is 0 Å². The predicted octanol–water partition coefficient (Wildman–Crippen LogP) is 2.30. The Balaban J connectivity index is 1.72. The third kappa shape index (κ3) is 2.70. The van der Waals surface area contributed by atoms with Crippen molar-refractivity contribution in [3.63, 3.8) is 0 Å². The Bertz CT molecular complexity index is 624. The van der Waals surface area contributed by atoms with Crippen LogP contribution in [-0.2, 0) is 0 Å². The number of hydrogen-bond acceptors (Lipinski definition) is 2. The summed E-state index contributed by atoms with van der Waals surface area (Å²) in [6, 6.07) is 8.41. The Morgan fingerprint density at radius 3 is 2.80 bits per heavy atom. The van der Waals surface area contributed by atoms with Crippen LogP contribution < -0.4 is 5.32 Å². The summed E-state index contributed by atoms with van der Waals surface area (Å²) in [6.45, 7) is 4.17. The summed E-state index contributed by atoms with van der Waals surface area (Å²) in [6.07, 6.45) is 2.06. The first-order chi connectivity index (χ1) is 9.61. The fourth-order valence-electron chi connectivity index (χ4n) is 2.79. The van der Waals surface area contributed by atoms with Crippen LogP contribution in [0.3, 0.4) is 0 Å². The van der Waals surface area contributed by atoms with Crippen molar-refractivity contribution in [1.82, 2.24) is 15.2 Å². The molecule has 0 bridgehead atoms. The smallest absolute Gasteiger partial charge is 0.267 e. The van der Waals surface area contributed by atoms with Crippen LogP contribution in [0.15, 0.2) is 24.3 Å². The largest absolute Gasteiger partial charge is 0.351 e. The second kappa shape index (κ2) is 5.29. The van der Waals surface area contributed by atoms with Crippen molar-refractivity contribution in [1.29, 1.82) is 0 Å². The molecular formula is C16H21N3O. The summed E-state index contributed by atoms with van der Waals surface area (Å²) in [5.74, 6) is 0.00778. The normalized spacial score (nSPS) is 17.5. The summed E-state index contributed by atoms with van der Waals surface area (Å²) in [5, 5.41) is 4.23. The zero-order valence-corrected chi connectivity index (χ0v) is 12.1. The summed E-state index contributed by atoms with van der Waals surface area (Å²) in [4.78, 5) is 17.8. The van der Waals surface area contributed by atoms with Gasteiger partial charge < -0.3 is 15.2 Å². The highest BCUT2D eigenvalue weighted by atomic mass is 16.1. The van der Waals surface area contributed by atoms with Gasteiger partial charge in [0, 0.05) is 16.9 Å². The van der Waals surface area contributed by atoms with E-state index in [0.717, 1.165) is 36.8 Å². The molecular weight excluding hydrogens is 250 g/mol. The molecule has 2 N–H and O–H groups in total. The molecule has 1 saturated heterocycles. The van der Waals surface area contributed by atoms with Crippen LogP contribution in [0.25, 0.3) is 10.9 Å². The maximum Gasteiger partial charge on any atom is 0.267 e. The molecule has 1 fully saturated rings. The molecule has 3 rings (SSSR count). The zero-order valence-electron chi connectivity index (χ0n) is 12.1. The van der Waals surface area contributed by atoms with Gasteiger partial charge in [0.05, 0.1) is 0 Å². The Kier molecular flexibility index (Phi) is 3.49. The molecule has 2 heterocycles. The molecule has 4 nitrogen and oxygen atoms in total. The van der Waals surface area contributed by atoms with Gasteiger partial charge in [-0.3, -0.25) is 4.79 Å². The van der Waals surface area contributed by atoms with E-state index >= 15 is 0 Å². The molecule has 1 aromatic heterocycles. The second-order valence-electron chi connectivity index (χ2n) is 5.82. The summed E-state index contributed by atoms with van der Waals surface area (Å²) in [5.41, 5.74) is 2.88. The number of hydrogen-bond donors (Lipinski definition) is 2. The molecule has 106 valence electrons. The number of H-pyrrole nitrogens is 1. The van der Waals surface area contributed by atoms with E-state index in [9.17, 15) is 4.79 Å². The summed E-state index contributed by atoms with van der Waals surface area (Å²) < 4.78 is 0. The molecule has 0 atom stereocenters. The number of benzene rings is 1. The number of amides is 1. The SMILES string of the molecule is Cc1ccc2[nH]c(C(=O)NC3CCN(C)CC3)cc2c1. The lowest BCUT2D eigenvalue weighted by Crippen LogP contribution is -2.43. The van der Waals surface area contributed by atoms with Crippen molar-refractivity contribution in [3.8, 4) is 0 Å². The quantitative estimate of drug-likeness (QED) is 0.880. The Hall–Kier alpha value is -1.81. The number of aryl methyl sites for hydroxylation is 1. The molecule has 4 heteroatoms. The lowest BCUT2D eigenvalue weighted by atomic mass is 10.1. The lowest BCUT2D eigenvalue weighted by Gasteiger charge is -2.29. The molecule has 1 aliphatic heterocycles. The minimum absolute atomic E-state index is 0.00778. The van der Waals surface area contributed by atoms with Crippen molar-refractivity contribution in [2.45, 2.75) is 25.8 Å². The minimum atomic E-state index is 0.00778. The van der Waals surface area contributed by atoms with Crippen molar-refractivity contribution < 1.29 is 4.79 Å². The summed E-state index contributed by atoms with van der Waals surface area (Å²) in [7, 11) is 2.12. The molecule has 0 spiro atoms. The van der Waals surface area contributed by atoms with Crippen LogP contribution in [0, 0.1) is 6.92 Å². The first kappa shape index (κ1) is 13.2. The summed E-state index contributed by atoms with van der Waals surface area (Å²) >= 11 is 0. The van der Waals surface area contributed by atoms with Gasteiger partial charge in [0.15, 0.2) is 0 Å². The van der Waals surface area contributed by atoms with Crippen LogP contribution in [-0.4, -0.2) is 42.0 Å². The molecule has 1 aromatic carbocycles. The Labute approximate surface area is 119 Å². The lowest BCUT2D eigenvalue weighted by molar-refractivity contribution is 0.0912. The highest BCUT2D eigenvalue weighted by Crippen LogP contribution is 2.17. The Morgan fingerprint density at radius 1 is 1.30 bits per heavy atom. The number of aromatic amines is 1. The first-order valence-corrected chi connectivity index (χ1v) is 7.20. The van der Waals surface area contributed by atoms with E-state index in [4.69, 9.17) is 0 Å². The predicted molar refractivity (Wildman–Crippen MR) is 81.0 cm³/mol. The fourth-order valence-corrected chi connectivity index (χ4v) is 2.79. The van der Waals surface area contributed by atoms with Crippen LogP contribution in [0.5, 0.6) is 0 Å². The van der Waals surface area contributed by atoms with Crippen LogP contribution in [0.4, 0.5) is 0 Å². The number of piperidine rings is 1. The number of carbonyl (C=O) groups excluding carboxylic acids is 1. The molecule has 0 radical (unpaired) electrons. The highest BCUT2D eigenvalue weighted by Gasteiger charge is 2.19. The van der Waals surface area contributed by atoms with E-state index in [1.165, 1.54) is 5.56 Å². The molecule has 0 unspecified atom stereocenters. The third-order valence-corrected chi connectivity index (χ3v) is 4.07. The highest BCUT2D eigenvalue weighted by molar-refractivity contribution is 5.98. The van der Waals surface area contributed by atoms with Crippen LogP contribution in [0.1, 0.15) is 28.9 Å². The van der Waals surface area contributed by atoms with E-state index in [1.54, 1.807) is 0 Å². The van der Waals surface area contributed by atoms with Gasteiger partial charge in [-0.05, 0) is 58.1 Å². The molecule has 1 amide bonds. The average Bonchev–Trinajstić information content (AvgIpc) is 2.84. The third-order valence-electron chi connectivity index (χ3n) is 4.07. The van der Waals surface area contributed by atoms with E-state index in [1.807, 2.05) is 12.1 Å². The number of nitrogens with zero attached hydrogens (tertiary/aromatic N) is 1. The number of carbonyl (C=O) groups is 1. The maximum absolute atomic E-state index is 12.3. The minimum Gasteiger partial charge on any atom is -0.351 e. The van der Waals surface area contributed by atoms with E-state index in [0.29, 0.717) is 11.7 Å². The van der Waals surface area contributed by atoms with E-state index < -0.39 is 0 Å². The molecule has 0 aliphatic carbocycles. The van der Waals surface area contributed by atoms with Gasteiger partial charge >= 0.3 is 0 Å². The molecule has 20 heavy (non-hydrogen) atoms. The second-order valence-corrected chi connectivity index (χ2v) is 5.82. The average molecular weight is 271 g/mol. The van der Waals surface area contributed by atoms with Gasteiger partial charge in [0.25, 0.3) is 5.91 Å². The van der Waals surface area contributed by atoms with Crippen molar-refractivity contribution in [2.24, 2.45) is 0 Å². The van der Waals surface area contributed by atoms with Crippen molar-refractivity contribution in [3.05, 3.63) is 35.5 Å². The van der Waals surface area contributed by atoms with Gasteiger partial charge in [-0.1, -0.05) is 11.6 Å². The standard InChI is InChI=1S/C16H21N3O/c1-11-3-4-14-12(9-11)10-15(18-14)16(20)17-13-5-7-19(2)8-6-13/h3-4,9-10,13,18H,5-8H2,1-2H3,(H,17,20). The van der Waals surface area contributed by atoms with Gasteiger partial charge in [-0.2, -0.15) is 0 Å². The maximum atomic E-state index is 12.3. The zero-order chi connectivity index (χ0) is 14.1. The van der Waals surface area contributed by atoms with Gasteiger partial charge in [-0.15, -0.1) is 0 Å². The number of aromatic nitrogens is 1. The monoisotopic (exact) mass is 271 g/mol. The van der Waals surface area contributed by atoms with Crippen LogP contribution >= 0.6 is 0 Å². The van der Waals surface area contributed by atoms with Crippen molar-refractivity contribution >= 4 is 16.8 Å². The van der Waals surface area contributed by atoms with Crippen LogP contribution in [0.2, 0.25) is 0 Å². The topological polar surface area (TPSA) is 48.1 Å². The molecule has 1 aliphatic rings. The van der Waals surface area contributed by atoms with Crippen molar-refractivity contribution in [2.75, 3.05) is 20.1 Å². The van der Waals surface area contributed by atoms with E-state index in [2.05, 4.69) is 41.3 Å². The van der Waals surface area contributed by atoms with E-state index in [-0.39, 0.29) is 5.91 Å². The van der Waals surface area contributed by atoms with Gasteiger partial charge in [0.2, 0.25) is 0 Å². The fraction of sp³-hybridized carbons (Fsp3) is 0.438. The number of fused-ring (bicyclic) bond motifs is 1. The van der Waals surface area contributed by atoms with Gasteiger partial charge in [0.1, 0.15) is 5.69 Å². The molecule has 0 saturated carbocycles.